The molecule has 0 unspecified atom stereocenters. The van der Waals surface area contributed by atoms with Gasteiger partial charge in [0.1, 0.15) is 0 Å². The number of nitrogens with zero attached hydrogens (tertiary/aromatic N) is 3. The molecule has 0 radical (unpaired) electrons. The van der Waals surface area contributed by atoms with Crippen LogP contribution in [0.1, 0.15) is 5.56 Å². The Hall–Kier alpha value is -6.94. The molecule has 1 heterocycles. The molecular formula is C46H27N3. The fourth-order valence-corrected chi connectivity index (χ4v) is 7.54. The molecule has 9 rings (SSSR count). The van der Waals surface area contributed by atoms with Gasteiger partial charge in [0.05, 0.1) is 23.7 Å². The van der Waals surface area contributed by atoms with Crippen LogP contribution >= 0.6 is 0 Å². The van der Waals surface area contributed by atoms with E-state index in [9.17, 15) is 5.26 Å². The first kappa shape index (κ1) is 28.3. The highest BCUT2D eigenvalue weighted by molar-refractivity contribution is 6.22. The first-order chi connectivity index (χ1) is 24.2. The number of hydrogen-bond acceptors (Lipinski definition) is 1. The highest BCUT2D eigenvalue weighted by Crippen LogP contribution is 2.47. The van der Waals surface area contributed by atoms with Crippen molar-refractivity contribution in [3.05, 3.63) is 181 Å². The van der Waals surface area contributed by atoms with Gasteiger partial charge >= 0.3 is 0 Å². The number of rotatable bonds is 4. The lowest BCUT2D eigenvalue weighted by atomic mass is 9.84. The van der Waals surface area contributed by atoms with E-state index >= 15 is 0 Å². The van der Waals surface area contributed by atoms with Gasteiger partial charge in [0, 0.05) is 22.0 Å². The molecule has 226 valence electrons. The zero-order chi connectivity index (χ0) is 32.9. The summed E-state index contributed by atoms with van der Waals surface area (Å²) in [5.41, 5.74) is 10.2. The standard InChI is InChI=1S/C46H27N3/c1-48-42-27-32(29-47)40(30-23-25-33(26-24-30)49-43-21-11-9-15-34(43)35-16-10-12-22-44(35)49)28-41(42)46-38-19-7-5-17-36(38)45(31-13-3-2-4-14-31)37-18-6-8-20-39(37)46/h2-28H. The quantitative estimate of drug-likeness (QED) is 0.142. The van der Waals surface area contributed by atoms with Gasteiger partial charge in [-0.05, 0) is 85.3 Å². The van der Waals surface area contributed by atoms with Gasteiger partial charge in [-0.1, -0.05) is 133 Å². The van der Waals surface area contributed by atoms with Crippen LogP contribution in [0.5, 0.6) is 0 Å². The lowest BCUT2D eigenvalue weighted by Gasteiger charge is -2.19. The van der Waals surface area contributed by atoms with Crippen molar-refractivity contribution in [2.24, 2.45) is 0 Å². The smallest absolute Gasteiger partial charge is 0.196 e. The molecule has 0 spiro atoms. The Morgan fingerprint density at radius 1 is 0.469 bits per heavy atom. The van der Waals surface area contributed by atoms with Crippen molar-refractivity contribution in [2.45, 2.75) is 0 Å². The molecular weight excluding hydrogens is 595 g/mol. The Kier molecular flexibility index (Phi) is 6.58. The van der Waals surface area contributed by atoms with Gasteiger partial charge in [-0.15, -0.1) is 0 Å². The van der Waals surface area contributed by atoms with Crippen molar-refractivity contribution in [2.75, 3.05) is 0 Å². The Bertz CT molecular complexity index is 2720. The molecule has 0 saturated heterocycles. The van der Waals surface area contributed by atoms with Gasteiger partial charge in [0.2, 0.25) is 0 Å². The van der Waals surface area contributed by atoms with Crippen molar-refractivity contribution < 1.29 is 0 Å². The third kappa shape index (κ3) is 4.42. The monoisotopic (exact) mass is 621 g/mol. The molecule has 8 aromatic carbocycles. The van der Waals surface area contributed by atoms with Gasteiger partial charge in [-0.3, -0.25) is 0 Å². The van der Waals surface area contributed by atoms with Crippen LogP contribution < -0.4 is 0 Å². The molecule has 1 aromatic heterocycles. The first-order valence-corrected chi connectivity index (χ1v) is 16.3. The summed E-state index contributed by atoms with van der Waals surface area (Å²) in [5.74, 6) is 0. The normalized spacial score (nSPS) is 11.2. The summed E-state index contributed by atoms with van der Waals surface area (Å²) < 4.78 is 2.29. The van der Waals surface area contributed by atoms with Crippen molar-refractivity contribution in [3.8, 4) is 45.1 Å². The summed E-state index contributed by atoms with van der Waals surface area (Å²) in [6.45, 7) is 8.23. The minimum Gasteiger partial charge on any atom is -0.309 e. The highest BCUT2D eigenvalue weighted by atomic mass is 15.0. The SMILES string of the molecule is [C-]#[N+]c1cc(C#N)c(-c2ccc(-n3c4ccccc4c4ccccc43)cc2)cc1-c1c2ccccc2c(-c2ccccc2)c2ccccc12. The molecule has 0 atom stereocenters. The predicted molar refractivity (Wildman–Crippen MR) is 203 cm³/mol. The minimum absolute atomic E-state index is 0.463. The zero-order valence-electron chi connectivity index (χ0n) is 26.4. The molecule has 0 saturated carbocycles. The maximum atomic E-state index is 10.4. The molecule has 49 heavy (non-hydrogen) atoms. The molecule has 3 heteroatoms. The number of nitriles is 1. The molecule has 0 aliphatic rings. The number of fused-ring (bicyclic) bond motifs is 5. The molecule has 9 aromatic rings. The van der Waals surface area contributed by atoms with Crippen molar-refractivity contribution >= 4 is 49.0 Å². The second-order valence-electron chi connectivity index (χ2n) is 12.3. The van der Waals surface area contributed by atoms with E-state index in [-0.39, 0.29) is 0 Å². The summed E-state index contributed by atoms with van der Waals surface area (Å²) in [4.78, 5) is 3.99. The molecule has 0 aliphatic carbocycles. The van der Waals surface area contributed by atoms with Gasteiger partial charge in [-0.25, -0.2) is 4.85 Å². The van der Waals surface area contributed by atoms with Crippen LogP contribution in [0, 0.1) is 17.9 Å². The van der Waals surface area contributed by atoms with Crippen molar-refractivity contribution in [1.82, 2.24) is 4.57 Å². The molecule has 0 bridgehead atoms. The van der Waals surface area contributed by atoms with Gasteiger partial charge in [0.15, 0.2) is 5.69 Å². The second-order valence-corrected chi connectivity index (χ2v) is 12.3. The highest BCUT2D eigenvalue weighted by Gasteiger charge is 2.21. The van der Waals surface area contributed by atoms with E-state index in [0.717, 1.165) is 66.1 Å². The third-order valence-electron chi connectivity index (χ3n) is 9.66. The predicted octanol–water partition coefficient (Wildman–Crippen LogP) is 12.5. The first-order valence-electron chi connectivity index (χ1n) is 16.3. The largest absolute Gasteiger partial charge is 0.309 e. The van der Waals surface area contributed by atoms with Crippen LogP contribution in [0.4, 0.5) is 5.69 Å². The summed E-state index contributed by atoms with van der Waals surface area (Å²) in [7, 11) is 0. The lowest BCUT2D eigenvalue weighted by molar-refractivity contribution is 1.18. The number of hydrogen-bond donors (Lipinski definition) is 0. The van der Waals surface area contributed by atoms with Crippen LogP contribution in [0.15, 0.2) is 164 Å². The van der Waals surface area contributed by atoms with Crippen LogP contribution in [-0.2, 0) is 0 Å². The Balaban J connectivity index is 1.27. The van der Waals surface area contributed by atoms with E-state index in [1.165, 1.54) is 16.3 Å². The zero-order valence-corrected chi connectivity index (χ0v) is 26.4. The van der Waals surface area contributed by atoms with E-state index in [2.05, 4.69) is 167 Å². The Morgan fingerprint density at radius 3 is 1.49 bits per heavy atom. The summed E-state index contributed by atoms with van der Waals surface area (Å²) >= 11 is 0. The van der Waals surface area contributed by atoms with Crippen LogP contribution in [0.25, 0.3) is 87.3 Å². The van der Waals surface area contributed by atoms with E-state index < -0.39 is 0 Å². The molecule has 0 fully saturated rings. The Labute approximate surface area is 284 Å². The van der Waals surface area contributed by atoms with Gasteiger partial charge < -0.3 is 4.57 Å². The van der Waals surface area contributed by atoms with Crippen LogP contribution in [0.3, 0.4) is 0 Å². The molecule has 0 N–H and O–H groups in total. The topological polar surface area (TPSA) is 33.1 Å². The number of para-hydroxylation sites is 2. The summed E-state index contributed by atoms with van der Waals surface area (Å²) in [6.07, 6.45) is 0. The average Bonchev–Trinajstić information content (AvgIpc) is 3.51. The fraction of sp³-hybridized carbons (Fsp3) is 0. The van der Waals surface area contributed by atoms with Crippen molar-refractivity contribution in [1.29, 1.82) is 5.26 Å². The lowest BCUT2D eigenvalue weighted by Crippen LogP contribution is -1.95. The van der Waals surface area contributed by atoms with E-state index in [4.69, 9.17) is 6.57 Å². The molecule has 0 aliphatic heterocycles. The number of benzene rings is 8. The van der Waals surface area contributed by atoms with E-state index in [0.29, 0.717) is 11.3 Å². The van der Waals surface area contributed by atoms with Gasteiger partial charge in [-0.2, -0.15) is 5.26 Å². The number of aromatic nitrogens is 1. The maximum Gasteiger partial charge on any atom is 0.196 e. The third-order valence-corrected chi connectivity index (χ3v) is 9.66. The van der Waals surface area contributed by atoms with Gasteiger partial charge in [0.25, 0.3) is 0 Å². The average molecular weight is 622 g/mol. The minimum atomic E-state index is 0.463. The molecule has 3 nitrogen and oxygen atoms in total. The van der Waals surface area contributed by atoms with Crippen LogP contribution in [0.2, 0.25) is 0 Å². The molecule has 0 amide bonds. The van der Waals surface area contributed by atoms with E-state index in [1.807, 2.05) is 6.07 Å². The summed E-state index contributed by atoms with van der Waals surface area (Å²) in [5, 5.41) is 17.2. The van der Waals surface area contributed by atoms with E-state index in [1.54, 1.807) is 6.07 Å². The maximum absolute atomic E-state index is 10.4. The van der Waals surface area contributed by atoms with Crippen LogP contribution in [-0.4, -0.2) is 4.57 Å². The van der Waals surface area contributed by atoms with Crippen molar-refractivity contribution in [3.63, 3.8) is 0 Å². The second kappa shape index (κ2) is 11.4. The summed E-state index contributed by atoms with van der Waals surface area (Å²) in [6, 6.07) is 59.0. The Morgan fingerprint density at radius 2 is 0.959 bits per heavy atom. The fourth-order valence-electron chi connectivity index (χ4n) is 7.54.